The smallest absolute Gasteiger partial charge is 0.212 e. The molecule has 0 bridgehead atoms. The number of nitrogens with two attached hydrogens (primary N) is 1. The molecular weight excluding hydrogens is 284 g/mol. The van der Waals surface area contributed by atoms with E-state index in [0.29, 0.717) is 6.54 Å². The summed E-state index contributed by atoms with van der Waals surface area (Å²) in [5.41, 5.74) is 6.83. The van der Waals surface area contributed by atoms with E-state index in [4.69, 9.17) is 5.73 Å². The van der Waals surface area contributed by atoms with Gasteiger partial charge >= 0.3 is 0 Å². The first-order chi connectivity index (χ1) is 10.0. The molecule has 1 aromatic carbocycles. The maximum absolute atomic E-state index is 12.4. The Morgan fingerprint density at radius 2 is 1.90 bits per heavy atom. The highest BCUT2D eigenvalue weighted by Gasteiger charge is 2.28. The van der Waals surface area contributed by atoms with Crippen LogP contribution < -0.4 is 10.5 Å². The lowest BCUT2D eigenvalue weighted by Gasteiger charge is -2.31. The summed E-state index contributed by atoms with van der Waals surface area (Å²) in [5, 5.41) is 0. The minimum atomic E-state index is -3.28. The van der Waals surface area contributed by atoms with E-state index >= 15 is 0 Å². The zero-order valence-electron chi connectivity index (χ0n) is 12.7. The van der Waals surface area contributed by atoms with Crippen molar-refractivity contribution in [3.63, 3.8) is 0 Å². The minimum Gasteiger partial charge on any atom is -0.330 e. The highest BCUT2D eigenvalue weighted by atomic mass is 32.2. The second kappa shape index (κ2) is 7.38. The lowest BCUT2D eigenvalue weighted by Crippen LogP contribution is -2.45. The number of nitrogens with one attached hydrogen (secondary N) is 1. The predicted octanol–water partition coefficient (Wildman–Crippen LogP) is 2.23. The Kier molecular flexibility index (Phi) is 5.79. The van der Waals surface area contributed by atoms with Gasteiger partial charge in [0.15, 0.2) is 0 Å². The molecule has 5 heteroatoms. The molecule has 2 rings (SSSR count). The van der Waals surface area contributed by atoms with Crippen molar-refractivity contribution in [2.24, 2.45) is 11.7 Å². The Morgan fingerprint density at radius 1 is 1.24 bits per heavy atom. The molecule has 3 unspecified atom stereocenters. The summed E-state index contributed by atoms with van der Waals surface area (Å²) >= 11 is 0. The maximum Gasteiger partial charge on any atom is 0.212 e. The van der Waals surface area contributed by atoms with E-state index in [2.05, 4.69) is 4.72 Å². The van der Waals surface area contributed by atoms with Gasteiger partial charge in [-0.3, -0.25) is 0 Å². The Hall–Kier alpha value is -0.910. The molecule has 3 atom stereocenters. The van der Waals surface area contributed by atoms with E-state index in [1.54, 1.807) is 0 Å². The van der Waals surface area contributed by atoms with Gasteiger partial charge in [-0.25, -0.2) is 13.1 Å². The van der Waals surface area contributed by atoms with Crippen molar-refractivity contribution in [1.29, 1.82) is 0 Å². The molecule has 1 aromatic rings. The Morgan fingerprint density at radius 3 is 2.57 bits per heavy atom. The largest absolute Gasteiger partial charge is 0.330 e. The molecule has 0 heterocycles. The van der Waals surface area contributed by atoms with Gasteiger partial charge in [0.05, 0.1) is 5.75 Å². The van der Waals surface area contributed by atoms with Crippen LogP contribution in [0.4, 0.5) is 0 Å². The fourth-order valence-electron chi connectivity index (χ4n) is 3.13. The summed E-state index contributed by atoms with van der Waals surface area (Å²) < 4.78 is 27.7. The Labute approximate surface area is 128 Å². The van der Waals surface area contributed by atoms with Gasteiger partial charge in [-0.15, -0.1) is 0 Å². The Balaban J connectivity index is 1.98. The molecule has 21 heavy (non-hydrogen) atoms. The predicted molar refractivity (Wildman–Crippen MR) is 86.6 cm³/mol. The summed E-state index contributed by atoms with van der Waals surface area (Å²) in [6.45, 7) is 2.51. The molecule has 0 radical (unpaired) electrons. The summed E-state index contributed by atoms with van der Waals surface area (Å²) in [5.74, 6) is 0.398. The van der Waals surface area contributed by atoms with Crippen LogP contribution in [0.15, 0.2) is 30.3 Å². The number of hydrogen-bond acceptors (Lipinski definition) is 3. The molecular formula is C16H26N2O2S. The van der Waals surface area contributed by atoms with Crippen LogP contribution in [-0.4, -0.2) is 26.8 Å². The van der Waals surface area contributed by atoms with Gasteiger partial charge in [-0.05, 0) is 36.8 Å². The highest BCUT2D eigenvalue weighted by molar-refractivity contribution is 7.89. The normalized spacial score (nSPS) is 24.7. The van der Waals surface area contributed by atoms with E-state index in [1.807, 2.05) is 37.3 Å². The molecule has 1 fully saturated rings. The topological polar surface area (TPSA) is 72.2 Å². The molecule has 0 spiro atoms. The fraction of sp³-hybridized carbons (Fsp3) is 0.625. The maximum atomic E-state index is 12.4. The molecule has 3 N–H and O–H groups in total. The molecule has 1 aliphatic rings. The summed E-state index contributed by atoms with van der Waals surface area (Å²) in [7, 11) is -3.28. The fourth-order valence-corrected chi connectivity index (χ4v) is 4.85. The molecule has 1 aliphatic carbocycles. The van der Waals surface area contributed by atoms with Gasteiger partial charge in [0.1, 0.15) is 0 Å². The van der Waals surface area contributed by atoms with Crippen LogP contribution >= 0.6 is 0 Å². The van der Waals surface area contributed by atoms with E-state index in [1.165, 1.54) is 0 Å². The average Bonchev–Trinajstić information content (AvgIpc) is 2.47. The number of benzene rings is 1. The zero-order chi connectivity index (χ0) is 15.3. The van der Waals surface area contributed by atoms with Crippen molar-refractivity contribution in [3.05, 3.63) is 35.9 Å². The van der Waals surface area contributed by atoms with Gasteiger partial charge in [0, 0.05) is 6.04 Å². The molecule has 0 amide bonds. The van der Waals surface area contributed by atoms with Crippen molar-refractivity contribution in [2.45, 2.75) is 44.6 Å². The molecule has 4 nitrogen and oxygen atoms in total. The second-order valence-electron chi connectivity index (χ2n) is 6.10. The van der Waals surface area contributed by atoms with Gasteiger partial charge in [0.25, 0.3) is 0 Å². The summed E-state index contributed by atoms with van der Waals surface area (Å²) in [6.07, 6.45) is 4.16. The molecule has 0 aromatic heterocycles. The number of hydrogen-bond donors (Lipinski definition) is 2. The standard InChI is InChI=1S/C16H26N2O2S/c1-13(14-7-3-2-4-8-14)12-21(19,20)18-16-10-6-5-9-15(16)11-17/h2-4,7-8,13,15-16,18H,5-6,9-12,17H2,1H3. The number of sulfonamides is 1. The first-order valence-corrected chi connectivity index (χ1v) is 9.42. The third kappa shape index (κ3) is 4.80. The van der Waals surface area contributed by atoms with E-state index in [-0.39, 0.29) is 23.6 Å². The van der Waals surface area contributed by atoms with E-state index in [9.17, 15) is 8.42 Å². The monoisotopic (exact) mass is 310 g/mol. The Bertz CT molecular complexity index is 530. The first-order valence-electron chi connectivity index (χ1n) is 7.77. The van der Waals surface area contributed by atoms with Crippen LogP contribution in [0, 0.1) is 5.92 Å². The van der Waals surface area contributed by atoms with Crippen LogP contribution in [-0.2, 0) is 10.0 Å². The van der Waals surface area contributed by atoms with Crippen LogP contribution in [0.2, 0.25) is 0 Å². The molecule has 118 valence electrons. The van der Waals surface area contributed by atoms with E-state index in [0.717, 1.165) is 31.2 Å². The highest BCUT2D eigenvalue weighted by Crippen LogP contribution is 2.25. The zero-order valence-corrected chi connectivity index (χ0v) is 13.5. The molecule has 0 aliphatic heterocycles. The van der Waals surface area contributed by atoms with Crippen molar-refractivity contribution < 1.29 is 8.42 Å². The van der Waals surface area contributed by atoms with Gasteiger partial charge in [-0.2, -0.15) is 0 Å². The van der Waals surface area contributed by atoms with E-state index < -0.39 is 10.0 Å². The van der Waals surface area contributed by atoms with Gasteiger partial charge in [-0.1, -0.05) is 50.1 Å². The quantitative estimate of drug-likeness (QED) is 0.846. The molecule has 1 saturated carbocycles. The average molecular weight is 310 g/mol. The third-order valence-corrected chi connectivity index (χ3v) is 5.98. The van der Waals surface area contributed by atoms with Crippen molar-refractivity contribution >= 4 is 10.0 Å². The first kappa shape index (κ1) is 16.5. The minimum absolute atomic E-state index is 0.0105. The third-order valence-electron chi connectivity index (χ3n) is 4.38. The van der Waals surface area contributed by atoms with Crippen LogP contribution in [0.1, 0.15) is 44.1 Å². The van der Waals surface area contributed by atoms with Crippen LogP contribution in [0.5, 0.6) is 0 Å². The van der Waals surface area contributed by atoms with Crippen molar-refractivity contribution in [1.82, 2.24) is 4.72 Å². The van der Waals surface area contributed by atoms with Gasteiger partial charge < -0.3 is 5.73 Å². The lowest BCUT2D eigenvalue weighted by atomic mass is 9.85. The summed E-state index contributed by atoms with van der Waals surface area (Å²) in [6, 6.07) is 9.79. The van der Waals surface area contributed by atoms with Crippen LogP contribution in [0.3, 0.4) is 0 Å². The SMILES string of the molecule is CC(CS(=O)(=O)NC1CCCCC1CN)c1ccccc1. The second-order valence-corrected chi connectivity index (χ2v) is 7.90. The molecule has 0 saturated heterocycles. The summed E-state index contributed by atoms with van der Waals surface area (Å²) in [4.78, 5) is 0. The van der Waals surface area contributed by atoms with Crippen molar-refractivity contribution in [3.8, 4) is 0 Å². The number of rotatable bonds is 6. The van der Waals surface area contributed by atoms with Crippen molar-refractivity contribution in [2.75, 3.05) is 12.3 Å². The lowest BCUT2D eigenvalue weighted by molar-refractivity contribution is 0.296. The van der Waals surface area contributed by atoms with Crippen LogP contribution in [0.25, 0.3) is 0 Å². The van der Waals surface area contributed by atoms with Gasteiger partial charge in [0.2, 0.25) is 10.0 Å².